The van der Waals surface area contributed by atoms with E-state index in [0.717, 1.165) is 53.4 Å². The number of carbonyl (C=O) groups excluding carboxylic acids is 1. The number of hydrogen-bond donors (Lipinski definition) is 1. The van der Waals surface area contributed by atoms with Crippen LogP contribution < -0.4 is 10.2 Å². The van der Waals surface area contributed by atoms with E-state index < -0.39 is 0 Å². The van der Waals surface area contributed by atoms with Crippen molar-refractivity contribution in [1.29, 1.82) is 0 Å². The van der Waals surface area contributed by atoms with E-state index >= 15 is 0 Å². The van der Waals surface area contributed by atoms with E-state index in [-0.39, 0.29) is 5.91 Å². The van der Waals surface area contributed by atoms with Crippen LogP contribution in [0.25, 0.3) is 5.65 Å². The topological polar surface area (TPSA) is 49.6 Å². The third-order valence-corrected chi connectivity index (χ3v) is 7.23. The molecule has 5 rings (SSSR count). The van der Waals surface area contributed by atoms with E-state index in [2.05, 4.69) is 51.6 Å². The lowest BCUT2D eigenvalue weighted by molar-refractivity contribution is 0.0944. The van der Waals surface area contributed by atoms with Gasteiger partial charge in [0.15, 0.2) is 0 Å². The standard InChI is InChI=1S/C29H31ClN4O/c1-3-26-28(34-19-20(2)4-13-27(34)32-26)29(35)31-18-21-5-11-25(12-6-21)33-16-14-23(15-17-33)22-7-9-24(30)10-8-22/h4-13,19,23H,3,14-18H2,1-2H3,(H,31,35). The van der Waals surface area contributed by atoms with Crippen molar-refractivity contribution in [3.8, 4) is 0 Å². The summed E-state index contributed by atoms with van der Waals surface area (Å²) in [5.41, 5.74) is 7.06. The van der Waals surface area contributed by atoms with Crippen molar-refractivity contribution >= 4 is 28.8 Å². The second kappa shape index (κ2) is 10.1. The summed E-state index contributed by atoms with van der Waals surface area (Å²) in [5, 5.41) is 3.89. The maximum atomic E-state index is 13.1. The molecule has 0 aliphatic carbocycles. The van der Waals surface area contributed by atoms with Crippen LogP contribution in [0.2, 0.25) is 5.02 Å². The van der Waals surface area contributed by atoms with Gasteiger partial charge in [-0.1, -0.05) is 48.9 Å². The van der Waals surface area contributed by atoms with Gasteiger partial charge in [0.05, 0.1) is 5.69 Å². The molecule has 0 radical (unpaired) electrons. The maximum absolute atomic E-state index is 13.1. The fourth-order valence-electron chi connectivity index (χ4n) is 4.98. The molecule has 2 aromatic heterocycles. The maximum Gasteiger partial charge on any atom is 0.270 e. The Kier molecular flexibility index (Phi) is 6.78. The van der Waals surface area contributed by atoms with Gasteiger partial charge in [0.25, 0.3) is 5.91 Å². The molecule has 2 aromatic carbocycles. The van der Waals surface area contributed by atoms with Gasteiger partial charge in [0.2, 0.25) is 0 Å². The number of fused-ring (bicyclic) bond motifs is 1. The molecule has 4 aromatic rings. The third kappa shape index (κ3) is 5.06. The molecule has 35 heavy (non-hydrogen) atoms. The second-order valence-corrected chi connectivity index (χ2v) is 9.79. The van der Waals surface area contributed by atoms with E-state index in [1.165, 1.54) is 11.3 Å². The lowest BCUT2D eigenvalue weighted by atomic mass is 9.89. The van der Waals surface area contributed by atoms with Crippen molar-refractivity contribution in [2.24, 2.45) is 0 Å². The number of carbonyl (C=O) groups is 1. The SMILES string of the molecule is CCc1nc2ccc(C)cn2c1C(=O)NCc1ccc(N2CCC(c3ccc(Cl)cc3)CC2)cc1. The van der Waals surface area contributed by atoms with Crippen molar-refractivity contribution in [3.63, 3.8) is 0 Å². The van der Waals surface area contributed by atoms with Crippen LogP contribution in [-0.4, -0.2) is 28.4 Å². The first-order valence-corrected chi connectivity index (χ1v) is 12.7. The van der Waals surface area contributed by atoms with Crippen LogP contribution in [0.3, 0.4) is 0 Å². The number of rotatable bonds is 6. The Morgan fingerprint density at radius 2 is 1.74 bits per heavy atom. The van der Waals surface area contributed by atoms with E-state index in [9.17, 15) is 4.79 Å². The number of benzene rings is 2. The Morgan fingerprint density at radius 3 is 2.43 bits per heavy atom. The minimum Gasteiger partial charge on any atom is -0.371 e. The molecule has 1 aliphatic heterocycles. The normalized spacial score (nSPS) is 14.4. The molecular formula is C29H31ClN4O. The highest BCUT2D eigenvalue weighted by atomic mass is 35.5. The summed E-state index contributed by atoms with van der Waals surface area (Å²) in [6.07, 6.45) is 4.96. The van der Waals surface area contributed by atoms with Gasteiger partial charge in [-0.25, -0.2) is 4.98 Å². The van der Waals surface area contributed by atoms with Gasteiger partial charge in [-0.15, -0.1) is 0 Å². The highest BCUT2D eigenvalue weighted by Crippen LogP contribution is 2.31. The Bertz CT molecular complexity index is 1320. The minimum atomic E-state index is -0.0895. The number of nitrogens with one attached hydrogen (secondary N) is 1. The third-order valence-electron chi connectivity index (χ3n) is 6.98. The number of pyridine rings is 1. The number of piperidine rings is 1. The van der Waals surface area contributed by atoms with E-state index in [1.807, 2.05) is 48.7 Å². The molecule has 0 bridgehead atoms. The number of aryl methyl sites for hydroxylation is 2. The van der Waals surface area contributed by atoms with Gasteiger partial charge in [-0.3, -0.25) is 9.20 Å². The predicted octanol–water partition coefficient (Wildman–Crippen LogP) is 6.17. The molecule has 6 heteroatoms. The van der Waals surface area contributed by atoms with Crippen LogP contribution in [0.15, 0.2) is 66.9 Å². The quantitative estimate of drug-likeness (QED) is 0.354. The summed E-state index contributed by atoms with van der Waals surface area (Å²) >= 11 is 6.04. The largest absolute Gasteiger partial charge is 0.371 e. The zero-order valence-corrected chi connectivity index (χ0v) is 21.1. The van der Waals surface area contributed by atoms with Crippen LogP contribution in [0, 0.1) is 6.92 Å². The molecular weight excluding hydrogens is 456 g/mol. The molecule has 1 aliphatic rings. The molecule has 3 heterocycles. The van der Waals surface area contributed by atoms with Crippen molar-refractivity contribution in [2.45, 2.75) is 45.6 Å². The molecule has 1 N–H and O–H groups in total. The van der Waals surface area contributed by atoms with E-state index in [4.69, 9.17) is 11.6 Å². The summed E-state index contributed by atoms with van der Waals surface area (Å²) in [4.78, 5) is 20.2. The van der Waals surface area contributed by atoms with Gasteiger partial charge >= 0.3 is 0 Å². The van der Waals surface area contributed by atoms with Gasteiger partial charge < -0.3 is 10.2 Å². The second-order valence-electron chi connectivity index (χ2n) is 9.36. The highest BCUT2D eigenvalue weighted by Gasteiger charge is 2.21. The predicted molar refractivity (Wildman–Crippen MR) is 143 cm³/mol. The van der Waals surface area contributed by atoms with Crippen LogP contribution in [0.1, 0.15) is 58.6 Å². The fourth-order valence-corrected chi connectivity index (χ4v) is 5.11. The molecule has 0 unspecified atom stereocenters. The molecule has 1 fully saturated rings. The number of nitrogens with zero attached hydrogens (tertiary/aromatic N) is 3. The van der Waals surface area contributed by atoms with E-state index in [1.54, 1.807) is 0 Å². The van der Waals surface area contributed by atoms with Crippen LogP contribution in [-0.2, 0) is 13.0 Å². The van der Waals surface area contributed by atoms with Crippen molar-refractivity contribution in [1.82, 2.24) is 14.7 Å². The first-order chi connectivity index (χ1) is 17.0. The van der Waals surface area contributed by atoms with Crippen molar-refractivity contribution in [2.75, 3.05) is 18.0 Å². The van der Waals surface area contributed by atoms with Crippen LogP contribution >= 0.6 is 11.6 Å². The summed E-state index contributed by atoms with van der Waals surface area (Å²) in [6, 6.07) is 20.8. The summed E-state index contributed by atoms with van der Waals surface area (Å²) in [7, 11) is 0. The Balaban J connectivity index is 1.20. The van der Waals surface area contributed by atoms with Gasteiger partial charge in [-0.05, 0) is 79.1 Å². The van der Waals surface area contributed by atoms with Gasteiger partial charge in [0, 0.05) is 36.5 Å². The monoisotopic (exact) mass is 486 g/mol. The zero-order chi connectivity index (χ0) is 24.4. The van der Waals surface area contributed by atoms with Crippen LogP contribution in [0.5, 0.6) is 0 Å². The van der Waals surface area contributed by atoms with Gasteiger partial charge in [0.1, 0.15) is 11.3 Å². The molecule has 0 spiro atoms. The fraction of sp³-hybridized carbons (Fsp3) is 0.310. The molecule has 180 valence electrons. The summed E-state index contributed by atoms with van der Waals surface area (Å²) in [6.45, 7) is 6.62. The number of halogens is 1. The average Bonchev–Trinajstić information content (AvgIpc) is 3.26. The number of aromatic nitrogens is 2. The molecule has 1 amide bonds. The molecule has 5 nitrogen and oxygen atoms in total. The first kappa shape index (κ1) is 23.4. The van der Waals surface area contributed by atoms with Crippen molar-refractivity contribution < 1.29 is 4.79 Å². The Labute approximate surface area is 211 Å². The smallest absolute Gasteiger partial charge is 0.270 e. The van der Waals surface area contributed by atoms with Crippen molar-refractivity contribution in [3.05, 3.63) is 100.0 Å². The average molecular weight is 487 g/mol. The number of anilines is 1. The van der Waals surface area contributed by atoms with Crippen LogP contribution in [0.4, 0.5) is 5.69 Å². The van der Waals surface area contributed by atoms with E-state index in [0.29, 0.717) is 24.6 Å². The molecule has 1 saturated heterocycles. The number of amides is 1. The lowest BCUT2D eigenvalue weighted by Crippen LogP contribution is -2.32. The minimum absolute atomic E-state index is 0.0895. The zero-order valence-electron chi connectivity index (χ0n) is 20.3. The highest BCUT2D eigenvalue weighted by molar-refractivity contribution is 6.30. The lowest BCUT2D eigenvalue weighted by Gasteiger charge is -2.34. The van der Waals surface area contributed by atoms with Gasteiger partial charge in [-0.2, -0.15) is 0 Å². The molecule has 0 atom stereocenters. The Morgan fingerprint density at radius 1 is 1.03 bits per heavy atom. The number of imidazole rings is 1. The molecule has 0 saturated carbocycles. The number of hydrogen-bond acceptors (Lipinski definition) is 3. The first-order valence-electron chi connectivity index (χ1n) is 12.4. The summed E-state index contributed by atoms with van der Waals surface area (Å²) < 4.78 is 1.90. The summed E-state index contributed by atoms with van der Waals surface area (Å²) in [5.74, 6) is 0.503. The Hall–Kier alpha value is -3.31.